The minimum absolute atomic E-state index is 0.140. The summed E-state index contributed by atoms with van der Waals surface area (Å²) >= 11 is 0. The minimum Gasteiger partial charge on any atom is -0.361 e. The maximum Gasteiger partial charge on any atom is 0.259 e. The number of amides is 2. The van der Waals surface area contributed by atoms with Crippen molar-refractivity contribution in [2.24, 2.45) is 5.10 Å². The van der Waals surface area contributed by atoms with E-state index in [1.807, 2.05) is 36.5 Å². The Morgan fingerprint density at radius 2 is 1.79 bits per heavy atom. The molecule has 0 atom stereocenters. The molecule has 3 rings (SSSR count). The lowest BCUT2D eigenvalue weighted by atomic mass is 10.2. The first kappa shape index (κ1) is 15.5. The fourth-order valence-corrected chi connectivity index (χ4v) is 2.27. The number of fused-ring (bicyclic) bond motifs is 1. The molecule has 0 saturated heterocycles. The molecular weight excluding hydrogens is 304 g/mol. The number of carbonyl (C=O) groups is 2. The normalized spacial score (nSPS) is 10.8. The zero-order valence-corrected chi connectivity index (χ0v) is 12.8. The number of H-pyrrole nitrogens is 1. The number of aromatic amines is 1. The summed E-state index contributed by atoms with van der Waals surface area (Å²) in [6.45, 7) is -0.140. The summed E-state index contributed by atoms with van der Waals surface area (Å²) < 4.78 is 0. The highest BCUT2D eigenvalue weighted by molar-refractivity contribution is 5.99. The zero-order valence-electron chi connectivity index (χ0n) is 12.8. The first-order valence-corrected chi connectivity index (χ1v) is 7.45. The number of aromatic nitrogens is 1. The Hall–Kier alpha value is -3.41. The van der Waals surface area contributed by atoms with Gasteiger partial charge in [0.15, 0.2) is 0 Å². The largest absolute Gasteiger partial charge is 0.361 e. The van der Waals surface area contributed by atoms with Gasteiger partial charge in [-0.1, -0.05) is 36.4 Å². The summed E-state index contributed by atoms with van der Waals surface area (Å²) in [6, 6.07) is 16.5. The second kappa shape index (κ2) is 7.23. The lowest BCUT2D eigenvalue weighted by Gasteiger charge is -2.03. The molecule has 0 fully saturated rings. The van der Waals surface area contributed by atoms with Crippen LogP contribution in [-0.2, 0) is 4.79 Å². The molecule has 120 valence electrons. The van der Waals surface area contributed by atoms with Crippen LogP contribution in [0.25, 0.3) is 10.9 Å². The Labute approximate surface area is 138 Å². The van der Waals surface area contributed by atoms with Crippen LogP contribution in [0.2, 0.25) is 0 Å². The lowest BCUT2D eigenvalue weighted by molar-refractivity contribution is -0.120. The number of hydrogen-bond acceptors (Lipinski definition) is 3. The molecule has 0 aliphatic carbocycles. The Balaban J connectivity index is 1.51. The highest BCUT2D eigenvalue weighted by Gasteiger charge is 2.06. The summed E-state index contributed by atoms with van der Waals surface area (Å²) in [5.74, 6) is -0.693. The summed E-state index contributed by atoms with van der Waals surface area (Å²) in [7, 11) is 0. The molecule has 0 bridgehead atoms. The van der Waals surface area contributed by atoms with Crippen molar-refractivity contribution in [3.63, 3.8) is 0 Å². The molecule has 0 spiro atoms. The predicted octanol–water partition coefficient (Wildman–Crippen LogP) is 2.05. The minimum atomic E-state index is -0.393. The Kier molecular flexibility index (Phi) is 4.67. The third-order valence-electron chi connectivity index (χ3n) is 3.46. The number of carbonyl (C=O) groups excluding carboxylic acids is 2. The molecule has 0 radical (unpaired) electrons. The van der Waals surface area contributed by atoms with Gasteiger partial charge < -0.3 is 10.3 Å². The fraction of sp³-hybridized carbons (Fsp3) is 0.0556. The number of para-hydroxylation sites is 1. The SMILES string of the molecule is O=C(CNC(=O)c1ccccc1)N/N=C/c1c[nH]c2ccccc12. The quantitative estimate of drug-likeness (QED) is 0.496. The zero-order chi connectivity index (χ0) is 16.8. The van der Waals surface area contributed by atoms with Crippen LogP contribution in [0.3, 0.4) is 0 Å². The van der Waals surface area contributed by atoms with Crippen molar-refractivity contribution in [3.8, 4) is 0 Å². The van der Waals surface area contributed by atoms with Crippen molar-refractivity contribution < 1.29 is 9.59 Å². The van der Waals surface area contributed by atoms with Gasteiger partial charge in [-0.15, -0.1) is 0 Å². The molecule has 3 aromatic rings. The van der Waals surface area contributed by atoms with Crippen molar-refractivity contribution in [1.29, 1.82) is 0 Å². The van der Waals surface area contributed by atoms with Crippen LogP contribution in [0.5, 0.6) is 0 Å². The van der Waals surface area contributed by atoms with Crippen molar-refractivity contribution >= 4 is 28.9 Å². The standard InChI is InChI=1S/C18H16N4O2/c23-17(12-20-18(24)13-6-2-1-3-7-13)22-21-11-14-10-19-16-9-5-4-8-15(14)16/h1-11,19H,12H2,(H,20,24)(H,22,23)/b21-11+. The Morgan fingerprint density at radius 1 is 1.04 bits per heavy atom. The topological polar surface area (TPSA) is 86.3 Å². The van der Waals surface area contributed by atoms with Gasteiger partial charge in [0.1, 0.15) is 0 Å². The van der Waals surface area contributed by atoms with Crippen molar-refractivity contribution in [2.45, 2.75) is 0 Å². The van der Waals surface area contributed by atoms with Crippen LogP contribution >= 0.6 is 0 Å². The summed E-state index contributed by atoms with van der Waals surface area (Å²) in [6.07, 6.45) is 3.38. The molecule has 1 heterocycles. The number of nitrogens with zero attached hydrogens (tertiary/aromatic N) is 1. The van der Waals surface area contributed by atoms with E-state index in [1.54, 1.807) is 30.5 Å². The van der Waals surface area contributed by atoms with Gasteiger partial charge in [0.2, 0.25) is 0 Å². The Bertz CT molecular complexity index is 884. The van der Waals surface area contributed by atoms with E-state index >= 15 is 0 Å². The molecule has 0 aliphatic rings. The third-order valence-corrected chi connectivity index (χ3v) is 3.46. The second-order valence-corrected chi connectivity index (χ2v) is 5.13. The van der Waals surface area contributed by atoms with E-state index in [0.29, 0.717) is 5.56 Å². The van der Waals surface area contributed by atoms with E-state index in [1.165, 1.54) is 0 Å². The molecule has 2 amide bonds. The Morgan fingerprint density at radius 3 is 2.62 bits per heavy atom. The van der Waals surface area contributed by atoms with E-state index in [9.17, 15) is 9.59 Å². The van der Waals surface area contributed by atoms with Gasteiger partial charge in [-0.2, -0.15) is 5.10 Å². The van der Waals surface area contributed by atoms with Crippen LogP contribution in [0.4, 0.5) is 0 Å². The number of hydrazone groups is 1. The maximum absolute atomic E-state index is 11.8. The van der Waals surface area contributed by atoms with Gasteiger partial charge in [0.25, 0.3) is 11.8 Å². The monoisotopic (exact) mass is 320 g/mol. The molecule has 1 aromatic heterocycles. The fourth-order valence-electron chi connectivity index (χ4n) is 2.27. The van der Waals surface area contributed by atoms with Crippen LogP contribution in [0.1, 0.15) is 15.9 Å². The smallest absolute Gasteiger partial charge is 0.259 e. The van der Waals surface area contributed by atoms with Gasteiger partial charge >= 0.3 is 0 Å². The van der Waals surface area contributed by atoms with Gasteiger partial charge in [0.05, 0.1) is 12.8 Å². The van der Waals surface area contributed by atoms with E-state index in [2.05, 4.69) is 20.8 Å². The molecule has 2 aromatic carbocycles. The highest BCUT2D eigenvalue weighted by Crippen LogP contribution is 2.15. The third kappa shape index (κ3) is 3.67. The van der Waals surface area contributed by atoms with E-state index in [0.717, 1.165) is 16.5 Å². The summed E-state index contributed by atoms with van der Waals surface area (Å²) in [4.78, 5) is 26.7. The van der Waals surface area contributed by atoms with E-state index in [-0.39, 0.29) is 12.5 Å². The van der Waals surface area contributed by atoms with Crippen LogP contribution in [-0.4, -0.2) is 29.6 Å². The number of hydrogen-bond donors (Lipinski definition) is 3. The first-order chi connectivity index (χ1) is 11.7. The molecule has 0 saturated carbocycles. The van der Waals surface area contributed by atoms with Gasteiger partial charge in [0, 0.05) is 28.2 Å². The lowest BCUT2D eigenvalue weighted by Crippen LogP contribution is -2.34. The number of nitrogens with one attached hydrogen (secondary N) is 3. The van der Waals surface area contributed by atoms with Crippen LogP contribution in [0.15, 0.2) is 65.9 Å². The van der Waals surface area contributed by atoms with Crippen molar-refractivity contribution in [3.05, 3.63) is 71.9 Å². The van der Waals surface area contributed by atoms with Gasteiger partial charge in [-0.05, 0) is 18.2 Å². The average Bonchev–Trinajstić information content (AvgIpc) is 3.04. The van der Waals surface area contributed by atoms with E-state index < -0.39 is 5.91 Å². The molecule has 6 nitrogen and oxygen atoms in total. The predicted molar refractivity (Wildman–Crippen MR) is 92.8 cm³/mol. The number of benzene rings is 2. The molecular formula is C18H16N4O2. The molecule has 6 heteroatoms. The summed E-state index contributed by atoms with van der Waals surface area (Å²) in [5, 5.41) is 7.48. The maximum atomic E-state index is 11.8. The second-order valence-electron chi connectivity index (χ2n) is 5.13. The van der Waals surface area contributed by atoms with Gasteiger partial charge in [-0.25, -0.2) is 5.43 Å². The van der Waals surface area contributed by atoms with Crippen LogP contribution in [0, 0.1) is 0 Å². The average molecular weight is 320 g/mol. The number of rotatable bonds is 5. The molecule has 0 aliphatic heterocycles. The molecule has 3 N–H and O–H groups in total. The summed E-state index contributed by atoms with van der Waals surface area (Å²) in [5.41, 5.74) is 4.78. The highest BCUT2D eigenvalue weighted by atomic mass is 16.2. The first-order valence-electron chi connectivity index (χ1n) is 7.45. The van der Waals surface area contributed by atoms with Gasteiger partial charge in [-0.3, -0.25) is 9.59 Å². The molecule has 24 heavy (non-hydrogen) atoms. The van der Waals surface area contributed by atoms with E-state index in [4.69, 9.17) is 0 Å². The van der Waals surface area contributed by atoms with Crippen molar-refractivity contribution in [2.75, 3.05) is 6.54 Å². The van der Waals surface area contributed by atoms with Crippen molar-refractivity contribution in [1.82, 2.24) is 15.7 Å². The van der Waals surface area contributed by atoms with Crippen LogP contribution < -0.4 is 10.7 Å². The molecule has 0 unspecified atom stereocenters.